The van der Waals surface area contributed by atoms with Crippen molar-refractivity contribution in [1.29, 1.82) is 0 Å². The van der Waals surface area contributed by atoms with Crippen molar-refractivity contribution in [3.8, 4) is 33.4 Å². The van der Waals surface area contributed by atoms with Gasteiger partial charge in [0.25, 0.3) is 0 Å². The van der Waals surface area contributed by atoms with Gasteiger partial charge in [0.05, 0.1) is 0 Å². The molecule has 0 saturated heterocycles. The molecule has 1 N–H and O–H groups in total. The molecule has 1 aliphatic heterocycles. The van der Waals surface area contributed by atoms with E-state index in [1.165, 1.54) is 5.39 Å². The van der Waals surface area contributed by atoms with E-state index in [-0.39, 0.29) is 0 Å². The molecule has 2 heterocycles. The molecule has 4 nitrogen and oxygen atoms in total. The van der Waals surface area contributed by atoms with E-state index in [9.17, 15) is 0 Å². The number of benzene rings is 8. The van der Waals surface area contributed by atoms with E-state index in [0.29, 0.717) is 0 Å². The van der Waals surface area contributed by atoms with Crippen LogP contribution < -0.4 is 5.32 Å². The molecule has 0 bridgehead atoms. The smallest absolute Gasteiger partial charge is 0.169 e. The first kappa shape index (κ1) is 30.8. The average Bonchev–Trinajstić information content (AvgIpc) is 3.60. The molecule has 1 aliphatic rings. The number of nitrogens with zero attached hydrogens (tertiary/aromatic N) is 2. The summed E-state index contributed by atoms with van der Waals surface area (Å²) >= 11 is 0. The van der Waals surface area contributed by atoms with E-state index < -0.39 is 6.17 Å². The molecule has 0 radical (unpaired) electrons. The molecule has 0 amide bonds. The second-order valence-corrected chi connectivity index (χ2v) is 13.4. The van der Waals surface area contributed by atoms with Gasteiger partial charge < -0.3 is 9.73 Å². The van der Waals surface area contributed by atoms with Crippen LogP contribution in [0.15, 0.2) is 202 Å². The minimum Gasteiger partial charge on any atom is -0.456 e. The number of hydrogen-bond donors (Lipinski definition) is 1. The second-order valence-electron chi connectivity index (χ2n) is 13.4. The number of furan rings is 1. The Kier molecular flexibility index (Phi) is 7.51. The van der Waals surface area contributed by atoms with Gasteiger partial charge in [-0.2, -0.15) is 0 Å². The Morgan fingerprint density at radius 3 is 1.68 bits per heavy atom. The molecule has 53 heavy (non-hydrogen) atoms. The molecule has 250 valence electrons. The van der Waals surface area contributed by atoms with Crippen LogP contribution in [0.25, 0.3) is 66.1 Å². The van der Waals surface area contributed by atoms with E-state index in [1.54, 1.807) is 0 Å². The number of amidine groups is 2. The first-order valence-corrected chi connectivity index (χ1v) is 17.9. The average molecular weight is 680 g/mol. The Morgan fingerprint density at radius 2 is 0.981 bits per heavy atom. The summed E-state index contributed by atoms with van der Waals surface area (Å²) in [4.78, 5) is 10.4. The molecule has 0 spiro atoms. The maximum atomic E-state index is 6.54. The first-order valence-electron chi connectivity index (χ1n) is 17.9. The molecule has 8 aromatic carbocycles. The monoisotopic (exact) mass is 679 g/mol. The predicted molar refractivity (Wildman–Crippen MR) is 219 cm³/mol. The van der Waals surface area contributed by atoms with Crippen LogP contribution in [-0.4, -0.2) is 11.7 Å². The van der Waals surface area contributed by atoms with Crippen molar-refractivity contribution in [3.05, 3.63) is 205 Å². The molecule has 1 aromatic heterocycles. The molecular weight excluding hydrogens is 647 g/mol. The van der Waals surface area contributed by atoms with Gasteiger partial charge in [0.1, 0.15) is 22.8 Å². The van der Waals surface area contributed by atoms with Crippen LogP contribution in [0.5, 0.6) is 0 Å². The summed E-state index contributed by atoms with van der Waals surface area (Å²) in [7, 11) is 0. The summed E-state index contributed by atoms with van der Waals surface area (Å²) in [5.41, 5.74) is 11.6. The van der Waals surface area contributed by atoms with Gasteiger partial charge in [-0.15, -0.1) is 0 Å². The van der Waals surface area contributed by atoms with Crippen molar-refractivity contribution in [2.24, 2.45) is 9.98 Å². The Balaban J connectivity index is 1.13. The van der Waals surface area contributed by atoms with Crippen LogP contribution in [0, 0.1) is 0 Å². The number of fused-ring (bicyclic) bond motifs is 4. The maximum Gasteiger partial charge on any atom is 0.169 e. The van der Waals surface area contributed by atoms with Crippen molar-refractivity contribution in [1.82, 2.24) is 5.32 Å². The molecule has 1 atom stereocenters. The summed E-state index contributed by atoms with van der Waals surface area (Å²) in [6.45, 7) is 0. The summed E-state index contributed by atoms with van der Waals surface area (Å²) in [6.07, 6.45) is -0.440. The lowest BCUT2D eigenvalue weighted by molar-refractivity contribution is 0.669. The van der Waals surface area contributed by atoms with Crippen molar-refractivity contribution in [3.63, 3.8) is 0 Å². The van der Waals surface area contributed by atoms with E-state index in [2.05, 4.69) is 169 Å². The van der Waals surface area contributed by atoms with E-state index in [4.69, 9.17) is 14.4 Å². The fraction of sp³-hybridized carbons (Fsp3) is 0.0204. The fourth-order valence-electron chi connectivity index (χ4n) is 7.57. The third kappa shape index (κ3) is 5.58. The van der Waals surface area contributed by atoms with Crippen LogP contribution in [0.1, 0.15) is 22.9 Å². The Morgan fingerprint density at radius 1 is 0.415 bits per heavy atom. The standard InChI is InChI=1S/C49H33N3O/c1-4-14-32(15-5-1)39-22-12-13-23-41(39)49-51-47(35-18-8-3-9-19-35)50-48(52-49)36-26-24-34(25-27-36)45-40(33-16-6-2-7-17-33)28-29-43-46(45)42-30-37-20-10-11-21-38(37)31-44(42)53-43/h1-31,48H,(H,50,51,52). The maximum absolute atomic E-state index is 6.54. The zero-order valence-corrected chi connectivity index (χ0v) is 28.8. The number of aliphatic imine (C=N–C) groups is 2. The van der Waals surface area contributed by atoms with Gasteiger partial charge in [-0.05, 0) is 62.4 Å². The lowest BCUT2D eigenvalue weighted by atomic mass is 9.90. The molecular formula is C49H33N3O. The second kappa shape index (κ2) is 12.9. The lowest BCUT2D eigenvalue weighted by Crippen LogP contribution is -2.36. The van der Waals surface area contributed by atoms with E-state index in [1.807, 2.05) is 24.3 Å². The molecule has 9 aromatic rings. The SMILES string of the molecule is c1ccc(C2=NC(c3ccc(-c4c(-c5ccccc5)ccc5oc6cc7ccccc7cc6c45)cc3)N=C(c3ccccc3-c3ccccc3)N2)cc1. The summed E-state index contributed by atoms with van der Waals surface area (Å²) < 4.78 is 6.54. The number of nitrogens with one attached hydrogen (secondary N) is 1. The highest BCUT2D eigenvalue weighted by Gasteiger charge is 2.24. The van der Waals surface area contributed by atoms with Gasteiger partial charge in [0, 0.05) is 27.5 Å². The highest BCUT2D eigenvalue weighted by molar-refractivity contribution is 6.19. The van der Waals surface area contributed by atoms with E-state index >= 15 is 0 Å². The van der Waals surface area contributed by atoms with Crippen molar-refractivity contribution < 1.29 is 4.42 Å². The summed E-state index contributed by atoms with van der Waals surface area (Å²) in [6, 6.07) is 65.7. The Bertz CT molecular complexity index is 2840. The van der Waals surface area contributed by atoms with Crippen LogP contribution >= 0.6 is 0 Å². The van der Waals surface area contributed by atoms with Gasteiger partial charge in [0.2, 0.25) is 0 Å². The predicted octanol–water partition coefficient (Wildman–Crippen LogP) is 12.2. The van der Waals surface area contributed by atoms with Crippen molar-refractivity contribution in [2.75, 3.05) is 0 Å². The Hall–Kier alpha value is -7.04. The number of hydrogen-bond acceptors (Lipinski definition) is 4. The molecule has 0 fully saturated rings. The highest BCUT2D eigenvalue weighted by atomic mass is 16.3. The molecule has 1 unspecified atom stereocenters. The third-order valence-electron chi connectivity index (χ3n) is 10.1. The molecule has 10 rings (SSSR count). The third-order valence-corrected chi connectivity index (χ3v) is 10.1. The van der Waals surface area contributed by atoms with Crippen molar-refractivity contribution in [2.45, 2.75) is 6.17 Å². The van der Waals surface area contributed by atoms with E-state index in [0.717, 1.165) is 89.1 Å². The van der Waals surface area contributed by atoms with Gasteiger partial charge in [-0.25, -0.2) is 9.98 Å². The van der Waals surface area contributed by atoms with Crippen LogP contribution in [0.4, 0.5) is 0 Å². The molecule has 0 saturated carbocycles. The first-order chi connectivity index (χ1) is 26.3. The van der Waals surface area contributed by atoms with Gasteiger partial charge in [-0.1, -0.05) is 170 Å². The van der Waals surface area contributed by atoms with Crippen molar-refractivity contribution >= 4 is 44.4 Å². The topological polar surface area (TPSA) is 49.9 Å². The number of rotatable bonds is 6. The van der Waals surface area contributed by atoms with Crippen LogP contribution in [0.2, 0.25) is 0 Å². The Labute approximate surface area is 307 Å². The lowest BCUT2D eigenvalue weighted by Gasteiger charge is -2.24. The normalized spacial score (nSPS) is 14.2. The van der Waals surface area contributed by atoms with Gasteiger partial charge in [-0.3, -0.25) is 0 Å². The molecule has 4 heteroatoms. The van der Waals surface area contributed by atoms with Crippen LogP contribution in [0.3, 0.4) is 0 Å². The zero-order chi connectivity index (χ0) is 35.1. The largest absolute Gasteiger partial charge is 0.456 e. The highest BCUT2D eigenvalue weighted by Crippen LogP contribution is 2.44. The summed E-state index contributed by atoms with van der Waals surface area (Å²) in [5.74, 6) is 1.58. The van der Waals surface area contributed by atoms with Crippen LogP contribution in [-0.2, 0) is 0 Å². The zero-order valence-electron chi connectivity index (χ0n) is 28.8. The minimum atomic E-state index is -0.440. The van der Waals surface area contributed by atoms with Gasteiger partial charge >= 0.3 is 0 Å². The quantitative estimate of drug-likeness (QED) is 0.190. The fourth-order valence-corrected chi connectivity index (χ4v) is 7.57. The molecule has 0 aliphatic carbocycles. The minimum absolute atomic E-state index is 0.440. The summed E-state index contributed by atoms with van der Waals surface area (Å²) in [5, 5.41) is 8.17. The van der Waals surface area contributed by atoms with Gasteiger partial charge in [0.15, 0.2) is 6.17 Å².